The average molecular weight is 436 g/mol. The highest BCUT2D eigenvalue weighted by molar-refractivity contribution is 7.99. The summed E-state index contributed by atoms with van der Waals surface area (Å²) < 4.78 is 1.81. The molecule has 0 atom stereocenters. The van der Waals surface area contributed by atoms with Gasteiger partial charge in [-0.05, 0) is 56.2 Å². The van der Waals surface area contributed by atoms with E-state index in [4.69, 9.17) is 4.98 Å². The molecule has 6 nitrogen and oxygen atoms in total. The first-order valence-electron chi connectivity index (χ1n) is 10.6. The molecule has 1 aliphatic rings. The average Bonchev–Trinajstić information content (AvgIpc) is 2.79. The molecule has 0 aliphatic heterocycles. The van der Waals surface area contributed by atoms with E-state index >= 15 is 0 Å². The molecule has 1 heterocycles. The van der Waals surface area contributed by atoms with Gasteiger partial charge in [0.15, 0.2) is 10.9 Å². The standard InChI is InChI=1S/C24H25N3O3S/c1-16(28)17-11-13-18(14-12-17)25-22(29)15-31-24-26-21-10-6-5-9-20(21)23(30)27(24)19-7-3-2-4-8-19/h5-6,9-14,19H,2-4,7-8,15H2,1H3,(H,25,29). The van der Waals surface area contributed by atoms with E-state index < -0.39 is 0 Å². The molecule has 1 aromatic heterocycles. The zero-order valence-electron chi connectivity index (χ0n) is 17.5. The summed E-state index contributed by atoms with van der Waals surface area (Å²) in [5, 5.41) is 4.06. The van der Waals surface area contributed by atoms with Crippen molar-refractivity contribution in [3.05, 3.63) is 64.4 Å². The fourth-order valence-corrected chi connectivity index (χ4v) is 4.87. The van der Waals surface area contributed by atoms with Crippen molar-refractivity contribution in [2.24, 2.45) is 0 Å². The summed E-state index contributed by atoms with van der Waals surface area (Å²) in [7, 11) is 0. The van der Waals surface area contributed by atoms with Gasteiger partial charge in [0.2, 0.25) is 5.91 Å². The number of thioether (sulfide) groups is 1. The lowest BCUT2D eigenvalue weighted by Gasteiger charge is -2.26. The summed E-state index contributed by atoms with van der Waals surface area (Å²) in [6.07, 6.45) is 5.32. The minimum Gasteiger partial charge on any atom is -0.325 e. The molecule has 31 heavy (non-hydrogen) atoms. The van der Waals surface area contributed by atoms with Crippen LogP contribution in [0.5, 0.6) is 0 Å². The van der Waals surface area contributed by atoms with Crippen LogP contribution in [0.1, 0.15) is 55.4 Å². The third kappa shape index (κ3) is 4.88. The molecular weight excluding hydrogens is 410 g/mol. The van der Waals surface area contributed by atoms with Crippen molar-refractivity contribution in [1.29, 1.82) is 0 Å². The van der Waals surface area contributed by atoms with Gasteiger partial charge in [-0.2, -0.15) is 0 Å². The Kier molecular flexibility index (Phi) is 6.51. The summed E-state index contributed by atoms with van der Waals surface area (Å²) >= 11 is 1.29. The van der Waals surface area contributed by atoms with Crippen LogP contribution >= 0.6 is 11.8 Å². The molecule has 7 heteroatoms. The molecule has 2 aromatic carbocycles. The van der Waals surface area contributed by atoms with Gasteiger partial charge in [0.05, 0.1) is 16.7 Å². The number of carbonyl (C=O) groups is 2. The number of nitrogens with zero attached hydrogens (tertiary/aromatic N) is 2. The molecule has 0 spiro atoms. The van der Waals surface area contributed by atoms with E-state index in [1.165, 1.54) is 25.1 Å². The molecule has 0 unspecified atom stereocenters. The number of aromatic nitrogens is 2. The summed E-state index contributed by atoms with van der Waals surface area (Å²) in [5.41, 5.74) is 1.86. The van der Waals surface area contributed by atoms with E-state index in [1.54, 1.807) is 28.8 Å². The van der Waals surface area contributed by atoms with Crippen LogP contribution < -0.4 is 10.9 Å². The summed E-state index contributed by atoms with van der Waals surface area (Å²) in [4.78, 5) is 41.9. The number of carbonyl (C=O) groups excluding carboxylic acids is 2. The SMILES string of the molecule is CC(=O)c1ccc(NC(=O)CSc2nc3ccccc3c(=O)n2C2CCCCC2)cc1. The van der Waals surface area contributed by atoms with E-state index in [0.717, 1.165) is 25.7 Å². The number of nitrogens with one attached hydrogen (secondary N) is 1. The number of Topliss-reactive ketones (excluding diaryl/α,β-unsaturated/α-hetero) is 1. The van der Waals surface area contributed by atoms with Gasteiger partial charge < -0.3 is 5.32 Å². The van der Waals surface area contributed by atoms with Crippen molar-refractivity contribution in [2.45, 2.75) is 50.2 Å². The Morgan fingerprint density at radius 3 is 2.48 bits per heavy atom. The number of ketones is 1. The van der Waals surface area contributed by atoms with Crippen molar-refractivity contribution < 1.29 is 9.59 Å². The first-order valence-corrected chi connectivity index (χ1v) is 11.6. The van der Waals surface area contributed by atoms with Gasteiger partial charge in [-0.3, -0.25) is 19.0 Å². The normalized spacial score (nSPS) is 14.5. The molecule has 0 radical (unpaired) electrons. The molecule has 1 N–H and O–H groups in total. The van der Waals surface area contributed by atoms with Crippen LogP contribution in [-0.2, 0) is 4.79 Å². The Labute approximate surface area is 185 Å². The number of hydrogen-bond acceptors (Lipinski definition) is 5. The number of rotatable bonds is 6. The highest BCUT2D eigenvalue weighted by Crippen LogP contribution is 2.31. The smallest absolute Gasteiger partial charge is 0.262 e. The molecule has 0 bridgehead atoms. The lowest BCUT2D eigenvalue weighted by atomic mass is 9.95. The van der Waals surface area contributed by atoms with Crippen LogP contribution in [0, 0.1) is 0 Å². The summed E-state index contributed by atoms with van der Waals surface area (Å²) in [6.45, 7) is 1.51. The lowest BCUT2D eigenvalue weighted by Crippen LogP contribution is -2.29. The lowest BCUT2D eigenvalue weighted by molar-refractivity contribution is -0.113. The molecule has 0 saturated heterocycles. The summed E-state index contributed by atoms with van der Waals surface area (Å²) in [6, 6.07) is 14.3. The van der Waals surface area contributed by atoms with E-state index in [9.17, 15) is 14.4 Å². The zero-order valence-corrected chi connectivity index (χ0v) is 18.3. The van der Waals surface area contributed by atoms with Crippen molar-refractivity contribution in [3.8, 4) is 0 Å². The van der Waals surface area contributed by atoms with Crippen molar-refractivity contribution in [2.75, 3.05) is 11.1 Å². The highest BCUT2D eigenvalue weighted by Gasteiger charge is 2.22. The van der Waals surface area contributed by atoms with Crippen molar-refractivity contribution in [3.63, 3.8) is 0 Å². The predicted molar refractivity (Wildman–Crippen MR) is 124 cm³/mol. The number of hydrogen-bond donors (Lipinski definition) is 1. The van der Waals surface area contributed by atoms with E-state index in [2.05, 4.69) is 5.32 Å². The molecule has 3 aromatic rings. The van der Waals surface area contributed by atoms with Crippen LogP contribution in [0.15, 0.2) is 58.5 Å². The molecular formula is C24H25N3O3S. The maximum absolute atomic E-state index is 13.3. The van der Waals surface area contributed by atoms with Gasteiger partial charge >= 0.3 is 0 Å². The van der Waals surface area contributed by atoms with Crippen LogP contribution in [0.2, 0.25) is 0 Å². The predicted octanol–water partition coefficient (Wildman–Crippen LogP) is 4.84. The minimum atomic E-state index is -0.182. The van der Waals surface area contributed by atoms with E-state index in [0.29, 0.717) is 27.3 Å². The topological polar surface area (TPSA) is 81.1 Å². The molecule has 160 valence electrons. The first kappa shape index (κ1) is 21.3. The highest BCUT2D eigenvalue weighted by atomic mass is 32.2. The molecule has 1 aliphatic carbocycles. The zero-order chi connectivity index (χ0) is 21.8. The fourth-order valence-electron chi connectivity index (χ4n) is 4.00. The number of para-hydroxylation sites is 1. The second-order valence-corrected chi connectivity index (χ2v) is 8.79. The third-order valence-corrected chi connectivity index (χ3v) is 6.58. The second-order valence-electron chi connectivity index (χ2n) is 7.85. The van der Waals surface area contributed by atoms with E-state index in [1.807, 2.05) is 24.3 Å². The molecule has 1 amide bonds. The van der Waals surface area contributed by atoms with Gasteiger partial charge in [0, 0.05) is 17.3 Å². The molecule has 1 saturated carbocycles. The van der Waals surface area contributed by atoms with Crippen LogP contribution in [0.3, 0.4) is 0 Å². The Bertz CT molecular complexity index is 1160. The quantitative estimate of drug-likeness (QED) is 0.341. The largest absolute Gasteiger partial charge is 0.325 e. The van der Waals surface area contributed by atoms with Crippen LogP contribution in [-0.4, -0.2) is 27.0 Å². The minimum absolute atomic E-state index is 0.0171. The Morgan fingerprint density at radius 2 is 1.77 bits per heavy atom. The van der Waals surface area contributed by atoms with Crippen molar-refractivity contribution >= 4 is 40.0 Å². The Morgan fingerprint density at radius 1 is 1.06 bits per heavy atom. The van der Waals surface area contributed by atoms with Gasteiger partial charge in [-0.25, -0.2) is 4.98 Å². The van der Waals surface area contributed by atoms with Crippen LogP contribution in [0.25, 0.3) is 10.9 Å². The van der Waals surface area contributed by atoms with Gasteiger partial charge in [-0.1, -0.05) is 43.2 Å². The fraction of sp³-hybridized carbons (Fsp3) is 0.333. The number of fused-ring (bicyclic) bond motifs is 1. The number of amides is 1. The number of benzene rings is 2. The maximum Gasteiger partial charge on any atom is 0.262 e. The van der Waals surface area contributed by atoms with E-state index in [-0.39, 0.29) is 29.0 Å². The Hall–Kier alpha value is -2.93. The van der Waals surface area contributed by atoms with Crippen molar-refractivity contribution in [1.82, 2.24) is 9.55 Å². The van der Waals surface area contributed by atoms with Gasteiger partial charge in [0.1, 0.15) is 0 Å². The van der Waals surface area contributed by atoms with Crippen LogP contribution in [0.4, 0.5) is 5.69 Å². The van der Waals surface area contributed by atoms with Gasteiger partial charge in [0.25, 0.3) is 5.56 Å². The first-order chi connectivity index (χ1) is 15.0. The number of anilines is 1. The molecule has 4 rings (SSSR count). The monoisotopic (exact) mass is 435 g/mol. The Balaban J connectivity index is 1.54. The summed E-state index contributed by atoms with van der Waals surface area (Å²) in [5.74, 6) is -0.0546. The van der Waals surface area contributed by atoms with Gasteiger partial charge in [-0.15, -0.1) is 0 Å². The second kappa shape index (κ2) is 9.47. The third-order valence-electron chi connectivity index (χ3n) is 5.62. The maximum atomic E-state index is 13.3. The molecule has 1 fully saturated rings.